The lowest BCUT2D eigenvalue weighted by Crippen LogP contribution is -2.26. The molecule has 2 rings (SSSR count). The van der Waals surface area contributed by atoms with Crippen LogP contribution >= 0.6 is 11.6 Å². The van der Waals surface area contributed by atoms with Crippen molar-refractivity contribution in [2.45, 2.75) is 13.0 Å². The van der Waals surface area contributed by atoms with Crippen LogP contribution in [-0.2, 0) is 11.3 Å². The lowest BCUT2D eigenvalue weighted by molar-refractivity contribution is 0.140. The summed E-state index contributed by atoms with van der Waals surface area (Å²) in [5, 5.41) is 0.680. The van der Waals surface area contributed by atoms with Crippen molar-refractivity contribution >= 4 is 17.4 Å². The maximum Gasteiger partial charge on any atom is 0.123 e. The largest absolute Gasteiger partial charge is 0.384 e. The summed E-state index contributed by atoms with van der Waals surface area (Å²) >= 11 is 6.08. The van der Waals surface area contributed by atoms with E-state index < -0.39 is 0 Å². The number of nitrogens with zero attached hydrogens (tertiary/aromatic N) is 2. The van der Waals surface area contributed by atoms with Crippen molar-refractivity contribution in [3.05, 3.63) is 22.8 Å². The molecule has 1 aromatic heterocycles. The summed E-state index contributed by atoms with van der Waals surface area (Å²) in [5.74, 6) is 0.519. The van der Waals surface area contributed by atoms with E-state index in [1.165, 1.54) is 0 Å². The molecule has 2 heterocycles. The van der Waals surface area contributed by atoms with Crippen LogP contribution in [-0.4, -0.2) is 36.2 Å². The van der Waals surface area contributed by atoms with Gasteiger partial charge < -0.3 is 10.5 Å². The Morgan fingerprint density at radius 2 is 2.25 bits per heavy atom. The summed E-state index contributed by atoms with van der Waals surface area (Å²) in [5.41, 5.74) is 6.50. The third kappa shape index (κ3) is 3.07. The van der Waals surface area contributed by atoms with Gasteiger partial charge in [0.2, 0.25) is 0 Å². The topological polar surface area (TPSA) is 51.4 Å². The lowest BCUT2D eigenvalue weighted by atomic mass is 10.3. The van der Waals surface area contributed by atoms with Crippen LogP contribution in [0.25, 0.3) is 0 Å². The summed E-state index contributed by atoms with van der Waals surface area (Å²) in [6, 6.07) is 3.52. The first kappa shape index (κ1) is 11.6. The third-order valence-corrected chi connectivity index (χ3v) is 2.97. The zero-order valence-corrected chi connectivity index (χ0v) is 9.91. The molecule has 5 heteroatoms. The first-order valence-electron chi connectivity index (χ1n) is 5.47. The van der Waals surface area contributed by atoms with E-state index in [1.807, 2.05) is 0 Å². The molecule has 0 unspecified atom stereocenters. The molecule has 0 amide bonds. The Morgan fingerprint density at radius 3 is 3.12 bits per heavy atom. The van der Waals surface area contributed by atoms with Gasteiger partial charge in [0.15, 0.2) is 0 Å². The number of halogens is 1. The minimum atomic E-state index is 0.519. The number of aromatic nitrogens is 1. The molecular formula is C11H16ClN3O. The fourth-order valence-electron chi connectivity index (χ4n) is 1.78. The van der Waals surface area contributed by atoms with Crippen molar-refractivity contribution in [3.8, 4) is 0 Å². The van der Waals surface area contributed by atoms with Gasteiger partial charge in [-0.3, -0.25) is 4.90 Å². The van der Waals surface area contributed by atoms with E-state index in [9.17, 15) is 0 Å². The minimum absolute atomic E-state index is 0.519. The highest BCUT2D eigenvalue weighted by molar-refractivity contribution is 6.31. The number of nitrogen functional groups attached to an aromatic ring is 1. The van der Waals surface area contributed by atoms with Crippen molar-refractivity contribution in [1.29, 1.82) is 0 Å². The van der Waals surface area contributed by atoms with E-state index in [2.05, 4.69) is 9.88 Å². The van der Waals surface area contributed by atoms with Gasteiger partial charge in [-0.2, -0.15) is 0 Å². The third-order valence-electron chi connectivity index (χ3n) is 2.63. The Hall–Kier alpha value is -0.840. The molecule has 0 aliphatic carbocycles. The van der Waals surface area contributed by atoms with Crippen LogP contribution in [0.4, 0.5) is 5.82 Å². The predicted molar refractivity (Wildman–Crippen MR) is 64.4 cm³/mol. The molecule has 0 radical (unpaired) electrons. The number of hydrogen-bond acceptors (Lipinski definition) is 4. The molecule has 0 atom stereocenters. The van der Waals surface area contributed by atoms with Crippen LogP contribution in [0.15, 0.2) is 12.1 Å². The highest BCUT2D eigenvalue weighted by Gasteiger charge is 2.12. The van der Waals surface area contributed by atoms with Gasteiger partial charge in [-0.15, -0.1) is 0 Å². The Labute approximate surface area is 100 Å². The maximum absolute atomic E-state index is 6.08. The Balaban J connectivity index is 2.04. The van der Waals surface area contributed by atoms with E-state index in [4.69, 9.17) is 22.1 Å². The summed E-state index contributed by atoms with van der Waals surface area (Å²) < 4.78 is 5.40. The predicted octanol–water partition coefficient (Wildman–Crippen LogP) is 1.54. The maximum atomic E-state index is 6.08. The molecule has 1 aliphatic heterocycles. The van der Waals surface area contributed by atoms with Crippen LogP contribution in [0.1, 0.15) is 12.1 Å². The molecule has 16 heavy (non-hydrogen) atoms. The quantitative estimate of drug-likeness (QED) is 0.854. The second-order valence-corrected chi connectivity index (χ2v) is 4.31. The van der Waals surface area contributed by atoms with Crippen LogP contribution < -0.4 is 5.73 Å². The molecule has 0 aromatic carbocycles. The smallest absolute Gasteiger partial charge is 0.123 e. The van der Waals surface area contributed by atoms with Gasteiger partial charge in [0.25, 0.3) is 0 Å². The summed E-state index contributed by atoms with van der Waals surface area (Å²) in [6.45, 7) is 4.31. The average Bonchev–Trinajstić information content (AvgIpc) is 2.52. The first-order chi connectivity index (χ1) is 7.75. The number of pyridine rings is 1. The summed E-state index contributed by atoms with van der Waals surface area (Å²) in [7, 11) is 0. The highest BCUT2D eigenvalue weighted by atomic mass is 35.5. The second-order valence-electron chi connectivity index (χ2n) is 3.91. The Morgan fingerprint density at radius 1 is 1.38 bits per heavy atom. The van der Waals surface area contributed by atoms with Gasteiger partial charge in [-0.05, 0) is 18.6 Å². The van der Waals surface area contributed by atoms with Gasteiger partial charge in [0.1, 0.15) is 5.82 Å². The monoisotopic (exact) mass is 241 g/mol. The molecule has 0 saturated carbocycles. The average molecular weight is 242 g/mol. The molecule has 88 valence electrons. The van der Waals surface area contributed by atoms with Crippen LogP contribution in [0.2, 0.25) is 5.02 Å². The van der Waals surface area contributed by atoms with Gasteiger partial charge in [-0.25, -0.2) is 4.98 Å². The molecule has 1 fully saturated rings. The van der Waals surface area contributed by atoms with Crippen molar-refractivity contribution < 1.29 is 4.74 Å². The highest BCUT2D eigenvalue weighted by Crippen LogP contribution is 2.17. The molecule has 1 aliphatic rings. The molecule has 4 nitrogen and oxygen atoms in total. The molecule has 2 N–H and O–H groups in total. The number of rotatable bonds is 2. The van der Waals surface area contributed by atoms with E-state index in [1.54, 1.807) is 12.1 Å². The van der Waals surface area contributed by atoms with E-state index in [0.717, 1.165) is 45.0 Å². The summed E-state index contributed by atoms with van der Waals surface area (Å²) in [6.07, 6.45) is 1.06. The van der Waals surface area contributed by atoms with Gasteiger partial charge in [0, 0.05) is 26.2 Å². The first-order valence-corrected chi connectivity index (χ1v) is 5.84. The molecule has 1 saturated heterocycles. The van der Waals surface area contributed by atoms with E-state index >= 15 is 0 Å². The molecule has 1 aromatic rings. The number of ether oxygens (including phenoxy) is 1. The van der Waals surface area contributed by atoms with Crippen LogP contribution in [0.5, 0.6) is 0 Å². The van der Waals surface area contributed by atoms with Crippen molar-refractivity contribution in [2.24, 2.45) is 0 Å². The Bertz CT molecular complexity index is 351. The van der Waals surface area contributed by atoms with Crippen LogP contribution in [0.3, 0.4) is 0 Å². The van der Waals surface area contributed by atoms with Crippen molar-refractivity contribution in [2.75, 3.05) is 32.0 Å². The fourth-order valence-corrected chi connectivity index (χ4v) is 1.94. The molecule has 0 bridgehead atoms. The van der Waals surface area contributed by atoms with E-state index in [0.29, 0.717) is 10.8 Å². The van der Waals surface area contributed by atoms with Crippen molar-refractivity contribution in [3.63, 3.8) is 0 Å². The zero-order chi connectivity index (χ0) is 11.4. The molecular weight excluding hydrogens is 226 g/mol. The lowest BCUT2D eigenvalue weighted by Gasteiger charge is -2.19. The zero-order valence-electron chi connectivity index (χ0n) is 9.16. The van der Waals surface area contributed by atoms with Crippen molar-refractivity contribution in [1.82, 2.24) is 9.88 Å². The normalized spacial score (nSPS) is 18.3. The summed E-state index contributed by atoms with van der Waals surface area (Å²) in [4.78, 5) is 6.55. The SMILES string of the molecule is Nc1ccc(Cl)c(CN2CCCOCC2)n1. The van der Waals surface area contributed by atoms with E-state index in [-0.39, 0.29) is 0 Å². The number of anilines is 1. The molecule has 0 spiro atoms. The van der Waals surface area contributed by atoms with Gasteiger partial charge in [0.05, 0.1) is 17.3 Å². The second kappa shape index (κ2) is 5.48. The Kier molecular flexibility index (Phi) is 3.98. The fraction of sp³-hybridized carbons (Fsp3) is 0.545. The standard InChI is InChI=1S/C11H16ClN3O/c12-9-2-3-11(13)14-10(9)8-15-4-1-6-16-7-5-15/h2-3H,1,4-8H2,(H2,13,14). The number of hydrogen-bond donors (Lipinski definition) is 1. The minimum Gasteiger partial charge on any atom is -0.384 e. The van der Waals surface area contributed by atoms with Gasteiger partial charge >= 0.3 is 0 Å². The van der Waals surface area contributed by atoms with Gasteiger partial charge in [-0.1, -0.05) is 11.6 Å². The van der Waals surface area contributed by atoms with Crippen LogP contribution in [0, 0.1) is 0 Å². The number of nitrogens with two attached hydrogens (primary N) is 1.